The Labute approximate surface area is 146 Å². The lowest BCUT2D eigenvalue weighted by molar-refractivity contribution is 0.343. The van der Waals surface area contributed by atoms with E-state index in [0.717, 1.165) is 35.5 Å². The van der Waals surface area contributed by atoms with Gasteiger partial charge in [0.25, 0.3) is 0 Å². The average Bonchev–Trinajstić information content (AvgIpc) is 3.24. The number of hydrogen-bond donors (Lipinski definition) is 3. The fourth-order valence-electron chi connectivity index (χ4n) is 3.06. The van der Waals surface area contributed by atoms with E-state index in [1.54, 1.807) is 0 Å². The van der Waals surface area contributed by atoms with Crippen molar-refractivity contribution >= 4 is 22.4 Å². The molecule has 0 unspecified atom stereocenters. The van der Waals surface area contributed by atoms with Crippen LogP contribution in [-0.2, 0) is 6.54 Å². The number of furan rings is 1. The first kappa shape index (κ1) is 17.0. The summed E-state index contributed by atoms with van der Waals surface area (Å²) in [6, 6.07) is 3.74. The Morgan fingerprint density at radius 2 is 2.17 bits per heavy atom. The van der Waals surface area contributed by atoms with Gasteiger partial charge in [-0.05, 0) is 24.5 Å². The standard InChI is InChI=1S/C17H25N5OS/c18-10-13-6-7-15(23-13)14-11-24-17(21-14)22-16(19)20-9-8-12-4-2-1-3-5-12/h6-7,11-12H,1-5,8-10,18H2,(H3,19,20,21,22). The molecule has 1 aliphatic rings. The predicted molar refractivity (Wildman–Crippen MR) is 99.0 cm³/mol. The van der Waals surface area contributed by atoms with Crippen molar-refractivity contribution in [1.29, 1.82) is 0 Å². The fourth-order valence-corrected chi connectivity index (χ4v) is 3.77. The van der Waals surface area contributed by atoms with E-state index in [2.05, 4.69) is 15.3 Å². The van der Waals surface area contributed by atoms with Gasteiger partial charge in [0.1, 0.15) is 11.5 Å². The van der Waals surface area contributed by atoms with E-state index in [-0.39, 0.29) is 0 Å². The van der Waals surface area contributed by atoms with Crippen LogP contribution in [0.1, 0.15) is 44.3 Å². The number of hydrogen-bond acceptors (Lipinski definition) is 5. The van der Waals surface area contributed by atoms with E-state index in [0.29, 0.717) is 18.3 Å². The van der Waals surface area contributed by atoms with Crippen LogP contribution in [0, 0.1) is 5.92 Å². The summed E-state index contributed by atoms with van der Waals surface area (Å²) in [6.07, 6.45) is 7.92. The summed E-state index contributed by atoms with van der Waals surface area (Å²) >= 11 is 1.48. The number of anilines is 1. The van der Waals surface area contributed by atoms with Crippen LogP contribution in [0.5, 0.6) is 0 Å². The molecule has 0 atom stereocenters. The molecule has 0 amide bonds. The van der Waals surface area contributed by atoms with Crippen LogP contribution in [0.15, 0.2) is 26.9 Å². The Bertz CT molecular complexity index is 672. The highest BCUT2D eigenvalue weighted by molar-refractivity contribution is 7.14. The molecular weight excluding hydrogens is 322 g/mol. The molecular formula is C17H25N5OS. The van der Waals surface area contributed by atoms with Gasteiger partial charge in [0.05, 0.1) is 6.54 Å². The van der Waals surface area contributed by atoms with Gasteiger partial charge in [-0.25, -0.2) is 4.98 Å². The number of aromatic nitrogens is 1. The van der Waals surface area contributed by atoms with Gasteiger partial charge in [0.2, 0.25) is 0 Å². The molecule has 0 saturated heterocycles. The summed E-state index contributed by atoms with van der Waals surface area (Å²) in [5.74, 6) is 2.70. The minimum Gasteiger partial charge on any atom is -0.458 e. The first-order chi connectivity index (χ1) is 11.7. The number of thiazole rings is 1. The van der Waals surface area contributed by atoms with Crippen molar-refractivity contribution in [2.45, 2.75) is 45.1 Å². The summed E-state index contributed by atoms with van der Waals surface area (Å²) in [5.41, 5.74) is 12.3. The molecule has 1 fully saturated rings. The zero-order chi connectivity index (χ0) is 16.8. The topological polar surface area (TPSA) is 102 Å². The SMILES string of the molecule is NCc1ccc(-c2csc(NC(N)=NCCC3CCCCC3)n2)o1. The van der Waals surface area contributed by atoms with Crippen molar-refractivity contribution < 1.29 is 4.42 Å². The minimum absolute atomic E-state index is 0.385. The maximum atomic E-state index is 5.96. The first-order valence-corrected chi connectivity index (χ1v) is 9.44. The molecule has 2 aromatic rings. The maximum absolute atomic E-state index is 5.96. The van der Waals surface area contributed by atoms with Crippen LogP contribution < -0.4 is 16.8 Å². The Kier molecular flexibility index (Phi) is 5.87. The van der Waals surface area contributed by atoms with Gasteiger partial charge in [0.15, 0.2) is 16.9 Å². The van der Waals surface area contributed by atoms with Gasteiger partial charge in [-0.1, -0.05) is 32.1 Å². The second-order valence-electron chi connectivity index (χ2n) is 6.19. The average molecular weight is 347 g/mol. The van der Waals surface area contributed by atoms with Crippen LogP contribution in [0.4, 0.5) is 5.13 Å². The molecule has 2 heterocycles. The van der Waals surface area contributed by atoms with Crippen LogP contribution in [-0.4, -0.2) is 17.5 Å². The molecule has 24 heavy (non-hydrogen) atoms. The third-order valence-corrected chi connectivity index (χ3v) is 5.16. The minimum atomic E-state index is 0.385. The molecule has 1 aliphatic carbocycles. The third-order valence-electron chi connectivity index (χ3n) is 4.40. The summed E-state index contributed by atoms with van der Waals surface area (Å²) in [7, 11) is 0. The Morgan fingerprint density at radius 1 is 1.33 bits per heavy atom. The zero-order valence-electron chi connectivity index (χ0n) is 13.8. The number of nitrogens with one attached hydrogen (secondary N) is 1. The quantitative estimate of drug-likeness (QED) is 0.548. The van der Waals surface area contributed by atoms with E-state index in [9.17, 15) is 0 Å². The first-order valence-electron chi connectivity index (χ1n) is 8.56. The second kappa shape index (κ2) is 8.30. The van der Waals surface area contributed by atoms with Crippen molar-refractivity contribution in [3.8, 4) is 11.5 Å². The zero-order valence-corrected chi connectivity index (χ0v) is 14.6. The lowest BCUT2D eigenvalue weighted by Crippen LogP contribution is -2.23. The molecule has 3 rings (SSSR count). The number of nitrogens with two attached hydrogens (primary N) is 2. The van der Waals surface area contributed by atoms with Crippen LogP contribution in [0.2, 0.25) is 0 Å². The molecule has 0 bridgehead atoms. The number of guanidine groups is 1. The van der Waals surface area contributed by atoms with Crippen molar-refractivity contribution in [1.82, 2.24) is 4.98 Å². The third kappa shape index (κ3) is 4.58. The van der Waals surface area contributed by atoms with Crippen molar-refractivity contribution in [2.75, 3.05) is 11.9 Å². The molecule has 2 aromatic heterocycles. The molecule has 5 N–H and O–H groups in total. The Hall–Kier alpha value is -1.86. The lowest BCUT2D eigenvalue weighted by atomic mass is 9.87. The maximum Gasteiger partial charge on any atom is 0.194 e. The molecule has 0 aliphatic heterocycles. The van der Waals surface area contributed by atoms with E-state index in [4.69, 9.17) is 15.9 Å². The molecule has 1 saturated carbocycles. The summed E-state index contributed by atoms with van der Waals surface area (Å²) < 4.78 is 5.60. The molecule has 0 aromatic carbocycles. The normalized spacial score (nSPS) is 16.5. The Balaban J connectivity index is 1.50. The van der Waals surface area contributed by atoms with Gasteiger partial charge >= 0.3 is 0 Å². The van der Waals surface area contributed by atoms with E-state index >= 15 is 0 Å². The van der Waals surface area contributed by atoms with E-state index < -0.39 is 0 Å². The van der Waals surface area contributed by atoms with Gasteiger partial charge in [-0.3, -0.25) is 4.99 Å². The highest BCUT2D eigenvalue weighted by Crippen LogP contribution is 2.27. The smallest absolute Gasteiger partial charge is 0.194 e. The monoisotopic (exact) mass is 347 g/mol. The van der Waals surface area contributed by atoms with E-state index in [1.807, 2.05) is 17.5 Å². The van der Waals surface area contributed by atoms with Crippen LogP contribution in [0.3, 0.4) is 0 Å². The summed E-state index contributed by atoms with van der Waals surface area (Å²) in [6.45, 7) is 1.16. The fraction of sp³-hybridized carbons (Fsp3) is 0.529. The van der Waals surface area contributed by atoms with Crippen molar-refractivity contribution in [3.63, 3.8) is 0 Å². The van der Waals surface area contributed by atoms with Gasteiger partial charge in [-0.2, -0.15) is 0 Å². The molecule has 0 radical (unpaired) electrons. The number of nitrogens with zero attached hydrogens (tertiary/aromatic N) is 2. The van der Waals surface area contributed by atoms with E-state index in [1.165, 1.54) is 43.4 Å². The predicted octanol–water partition coefficient (Wildman–Crippen LogP) is 3.56. The lowest BCUT2D eigenvalue weighted by Gasteiger charge is -2.20. The molecule has 7 heteroatoms. The Morgan fingerprint density at radius 3 is 2.92 bits per heavy atom. The number of rotatable bonds is 6. The van der Waals surface area contributed by atoms with Gasteiger partial charge in [0, 0.05) is 11.9 Å². The summed E-state index contributed by atoms with van der Waals surface area (Å²) in [5, 5.41) is 5.70. The second-order valence-corrected chi connectivity index (χ2v) is 7.05. The largest absolute Gasteiger partial charge is 0.458 e. The van der Waals surface area contributed by atoms with Crippen molar-refractivity contribution in [2.24, 2.45) is 22.4 Å². The molecule has 0 spiro atoms. The van der Waals surface area contributed by atoms with Crippen LogP contribution >= 0.6 is 11.3 Å². The van der Waals surface area contributed by atoms with Gasteiger partial charge in [-0.15, -0.1) is 11.3 Å². The molecule has 130 valence electrons. The highest BCUT2D eigenvalue weighted by Gasteiger charge is 2.13. The summed E-state index contributed by atoms with van der Waals surface area (Å²) in [4.78, 5) is 8.90. The van der Waals surface area contributed by atoms with Crippen LogP contribution in [0.25, 0.3) is 11.5 Å². The molecule has 6 nitrogen and oxygen atoms in total. The van der Waals surface area contributed by atoms with Gasteiger partial charge < -0.3 is 21.2 Å². The number of aliphatic imine (C=N–C) groups is 1. The van der Waals surface area contributed by atoms with Crippen molar-refractivity contribution in [3.05, 3.63) is 23.3 Å². The highest BCUT2D eigenvalue weighted by atomic mass is 32.1.